The van der Waals surface area contributed by atoms with Crippen molar-refractivity contribution in [3.05, 3.63) is 47.3 Å². The summed E-state index contributed by atoms with van der Waals surface area (Å²) in [4.78, 5) is 28.8. The van der Waals surface area contributed by atoms with Gasteiger partial charge >= 0.3 is 5.97 Å². The van der Waals surface area contributed by atoms with Crippen LogP contribution in [0.5, 0.6) is 0 Å². The lowest BCUT2D eigenvalue weighted by Crippen LogP contribution is -2.29. The molecule has 0 aliphatic rings. The number of aromatic nitrogens is 1. The monoisotopic (exact) mass is 344 g/mol. The van der Waals surface area contributed by atoms with E-state index >= 15 is 0 Å². The van der Waals surface area contributed by atoms with Crippen molar-refractivity contribution in [2.45, 2.75) is 13.8 Å². The van der Waals surface area contributed by atoms with E-state index in [1.165, 1.54) is 0 Å². The molecule has 0 bridgehead atoms. The van der Waals surface area contributed by atoms with E-state index in [4.69, 9.17) is 9.47 Å². The van der Waals surface area contributed by atoms with Gasteiger partial charge in [0.05, 0.1) is 13.2 Å². The summed E-state index contributed by atoms with van der Waals surface area (Å²) < 4.78 is 10.0. The van der Waals surface area contributed by atoms with Crippen molar-refractivity contribution >= 4 is 11.9 Å². The van der Waals surface area contributed by atoms with Gasteiger partial charge in [0.25, 0.3) is 5.91 Å². The predicted octanol–water partition coefficient (Wildman–Crippen LogP) is 2.89. The largest absolute Gasteiger partial charge is 0.461 e. The molecule has 6 nitrogen and oxygen atoms in total. The van der Waals surface area contributed by atoms with E-state index in [2.05, 4.69) is 4.98 Å². The lowest BCUT2D eigenvalue weighted by molar-refractivity contribution is 0.0520. The predicted molar refractivity (Wildman–Crippen MR) is 95.8 cm³/mol. The summed E-state index contributed by atoms with van der Waals surface area (Å²) in [5.74, 6) is -0.426. The number of amides is 1. The summed E-state index contributed by atoms with van der Waals surface area (Å²) in [6.45, 7) is 5.04. The number of nitrogens with one attached hydrogen (secondary N) is 1. The molecular formula is C19H24N2O4. The Hall–Kier alpha value is -2.60. The second-order valence-corrected chi connectivity index (χ2v) is 5.74. The van der Waals surface area contributed by atoms with Crippen LogP contribution in [0.2, 0.25) is 0 Å². The van der Waals surface area contributed by atoms with Crippen molar-refractivity contribution in [2.75, 3.05) is 33.9 Å². The van der Waals surface area contributed by atoms with E-state index in [1.54, 1.807) is 44.2 Å². The molecule has 0 fully saturated rings. The van der Waals surface area contributed by atoms with E-state index in [1.807, 2.05) is 19.1 Å². The molecule has 1 N–H and O–H groups in total. The number of hydrogen-bond donors (Lipinski definition) is 1. The molecule has 0 atom stereocenters. The van der Waals surface area contributed by atoms with Gasteiger partial charge in [-0.15, -0.1) is 0 Å². The van der Waals surface area contributed by atoms with Crippen LogP contribution < -0.4 is 0 Å². The second kappa shape index (κ2) is 8.48. The normalized spacial score (nSPS) is 10.6. The number of esters is 1. The van der Waals surface area contributed by atoms with Crippen molar-refractivity contribution < 1.29 is 19.1 Å². The highest BCUT2D eigenvalue weighted by atomic mass is 16.5. The molecule has 2 rings (SSSR count). The van der Waals surface area contributed by atoms with Gasteiger partial charge in [-0.2, -0.15) is 0 Å². The van der Waals surface area contributed by atoms with Gasteiger partial charge < -0.3 is 19.4 Å². The van der Waals surface area contributed by atoms with Crippen LogP contribution in [-0.4, -0.2) is 55.7 Å². The van der Waals surface area contributed by atoms with Crippen LogP contribution in [0.25, 0.3) is 11.1 Å². The van der Waals surface area contributed by atoms with Crippen LogP contribution >= 0.6 is 0 Å². The molecule has 134 valence electrons. The van der Waals surface area contributed by atoms with E-state index < -0.39 is 0 Å². The number of aryl methyl sites for hydroxylation is 1. The third-order valence-electron chi connectivity index (χ3n) is 3.93. The summed E-state index contributed by atoms with van der Waals surface area (Å²) in [6.07, 6.45) is 0. The Morgan fingerprint density at radius 2 is 1.88 bits per heavy atom. The average molecular weight is 344 g/mol. The number of hydrogen-bond acceptors (Lipinski definition) is 4. The van der Waals surface area contributed by atoms with E-state index in [-0.39, 0.29) is 11.9 Å². The van der Waals surface area contributed by atoms with Gasteiger partial charge in [-0.3, -0.25) is 4.79 Å². The maximum absolute atomic E-state index is 12.3. The summed E-state index contributed by atoms with van der Waals surface area (Å²) in [7, 11) is 3.36. The average Bonchev–Trinajstić information content (AvgIpc) is 3.01. The number of carbonyl (C=O) groups excluding carboxylic acids is 2. The van der Waals surface area contributed by atoms with Crippen LogP contribution in [0.1, 0.15) is 33.5 Å². The number of likely N-dealkylation sites (N-methyl/N-ethyl adjacent to an activating group) is 1. The standard InChI is InChI=1S/C19H24N2O4/c1-5-25-19(23)17-12-16(13(2)20-17)14-6-8-15(9-7-14)18(22)21(3)10-11-24-4/h6-9,12,20H,5,10-11H2,1-4H3. The summed E-state index contributed by atoms with van der Waals surface area (Å²) >= 11 is 0. The molecule has 1 heterocycles. The van der Waals surface area contributed by atoms with E-state index in [0.29, 0.717) is 31.0 Å². The highest BCUT2D eigenvalue weighted by molar-refractivity contribution is 5.95. The second-order valence-electron chi connectivity index (χ2n) is 5.74. The molecular weight excluding hydrogens is 320 g/mol. The highest BCUT2D eigenvalue weighted by Crippen LogP contribution is 2.25. The fourth-order valence-electron chi connectivity index (χ4n) is 2.52. The maximum atomic E-state index is 12.3. The smallest absolute Gasteiger partial charge is 0.354 e. The fraction of sp³-hybridized carbons (Fsp3) is 0.368. The number of rotatable bonds is 7. The molecule has 2 aromatic rings. The van der Waals surface area contributed by atoms with Gasteiger partial charge in [-0.05, 0) is 37.6 Å². The fourth-order valence-corrected chi connectivity index (χ4v) is 2.52. The number of ether oxygens (including phenoxy) is 2. The highest BCUT2D eigenvalue weighted by Gasteiger charge is 2.15. The molecule has 6 heteroatoms. The molecule has 0 aliphatic carbocycles. The third-order valence-corrected chi connectivity index (χ3v) is 3.93. The first-order valence-corrected chi connectivity index (χ1v) is 8.19. The van der Waals surface area contributed by atoms with Gasteiger partial charge in [0.1, 0.15) is 5.69 Å². The molecule has 1 aromatic heterocycles. The number of carbonyl (C=O) groups is 2. The number of nitrogens with zero attached hydrogens (tertiary/aromatic N) is 1. The Morgan fingerprint density at radius 3 is 2.48 bits per heavy atom. The number of methoxy groups -OCH3 is 1. The molecule has 0 saturated heterocycles. The number of H-pyrrole nitrogens is 1. The van der Waals surface area contributed by atoms with Crippen molar-refractivity contribution in [1.29, 1.82) is 0 Å². The zero-order chi connectivity index (χ0) is 18.4. The first-order chi connectivity index (χ1) is 12.0. The van der Waals surface area contributed by atoms with Crippen LogP contribution in [-0.2, 0) is 9.47 Å². The first kappa shape index (κ1) is 18.7. The van der Waals surface area contributed by atoms with Crippen molar-refractivity contribution in [1.82, 2.24) is 9.88 Å². The number of benzene rings is 1. The van der Waals surface area contributed by atoms with Crippen LogP contribution in [0.4, 0.5) is 0 Å². The maximum Gasteiger partial charge on any atom is 0.354 e. The van der Waals surface area contributed by atoms with E-state index in [9.17, 15) is 9.59 Å². The zero-order valence-electron chi connectivity index (χ0n) is 15.1. The first-order valence-electron chi connectivity index (χ1n) is 8.19. The van der Waals surface area contributed by atoms with E-state index in [0.717, 1.165) is 16.8 Å². The van der Waals surface area contributed by atoms with Crippen molar-refractivity contribution in [3.8, 4) is 11.1 Å². The molecule has 0 unspecified atom stereocenters. The summed E-state index contributed by atoms with van der Waals surface area (Å²) in [5.41, 5.74) is 3.75. The molecule has 0 spiro atoms. The summed E-state index contributed by atoms with van der Waals surface area (Å²) in [6, 6.07) is 9.11. The minimum Gasteiger partial charge on any atom is -0.461 e. The molecule has 0 aliphatic heterocycles. The third kappa shape index (κ3) is 4.48. The van der Waals surface area contributed by atoms with Crippen molar-refractivity contribution in [3.63, 3.8) is 0 Å². The molecule has 0 saturated carbocycles. The molecule has 1 amide bonds. The zero-order valence-corrected chi connectivity index (χ0v) is 15.1. The Kier molecular flexibility index (Phi) is 6.36. The molecule has 0 radical (unpaired) electrons. The van der Waals surface area contributed by atoms with Gasteiger partial charge in [0, 0.05) is 37.5 Å². The lowest BCUT2D eigenvalue weighted by Gasteiger charge is -2.16. The van der Waals surface area contributed by atoms with Crippen LogP contribution in [0, 0.1) is 6.92 Å². The molecule has 25 heavy (non-hydrogen) atoms. The Morgan fingerprint density at radius 1 is 1.20 bits per heavy atom. The van der Waals surface area contributed by atoms with Crippen molar-refractivity contribution in [2.24, 2.45) is 0 Å². The summed E-state index contributed by atoms with van der Waals surface area (Å²) in [5, 5.41) is 0. The van der Waals surface area contributed by atoms with Gasteiger partial charge in [-0.1, -0.05) is 12.1 Å². The quantitative estimate of drug-likeness (QED) is 0.784. The Bertz CT molecular complexity index is 734. The van der Waals surface area contributed by atoms with Gasteiger partial charge in [0.15, 0.2) is 0 Å². The minimum absolute atomic E-state index is 0.0541. The Labute approximate surface area is 147 Å². The topological polar surface area (TPSA) is 71.6 Å². The minimum atomic E-state index is -0.372. The number of aromatic amines is 1. The molecule has 1 aromatic carbocycles. The van der Waals surface area contributed by atoms with Gasteiger partial charge in [-0.25, -0.2) is 4.79 Å². The Balaban J connectivity index is 2.17. The SMILES string of the molecule is CCOC(=O)c1cc(-c2ccc(C(=O)N(C)CCOC)cc2)c(C)[nH]1. The van der Waals surface area contributed by atoms with Crippen LogP contribution in [0.15, 0.2) is 30.3 Å². The lowest BCUT2D eigenvalue weighted by atomic mass is 10.0. The van der Waals surface area contributed by atoms with Crippen LogP contribution in [0.3, 0.4) is 0 Å². The van der Waals surface area contributed by atoms with Gasteiger partial charge in [0.2, 0.25) is 0 Å².